The summed E-state index contributed by atoms with van der Waals surface area (Å²) in [6.07, 6.45) is 15.9. The SMILES string of the molecule is CCCCCCCn1c(=O)n(CCCCCCC)c(=O)n(CCCCCCC(C)C)c1=O. The molecule has 0 saturated carbocycles. The maximum Gasteiger partial charge on any atom is 0.336 e. The lowest BCUT2D eigenvalue weighted by Gasteiger charge is -2.14. The van der Waals surface area contributed by atoms with Gasteiger partial charge in [-0.1, -0.05) is 105 Å². The third kappa shape index (κ3) is 10.4. The van der Waals surface area contributed by atoms with Crippen LogP contribution in [0.1, 0.15) is 124 Å². The van der Waals surface area contributed by atoms with Gasteiger partial charge >= 0.3 is 17.1 Å². The average Bonchev–Trinajstić information content (AvgIpc) is 2.76. The van der Waals surface area contributed by atoms with Crippen LogP contribution < -0.4 is 17.1 Å². The molecule has 0 bridgehead atoms. The molecule has 6 heteroatoms. The van der Waals surface area contributed by atoms with Crippen molar-refractivity contribution in [3.8, 4) is 0 Å². The predicted octanol–water partition coefficient (Wildman–Crippen LogP) is 5.72. The molecule has 1 aromatic rings. The van der Waals surface area contributed by atoms with Gasteiger partial charge in [0.25, 0.3) is 0 Å². The second kappa shape index (κ2) is 17.0. The van der Waals surface area contributed by atoms with Gasteiger partial charge in [-0.3, -0.25) is 0 Å². The predicted molar refractivity (Wildman–Crippen MR) is 135 cm³/mol. The summed E-state index contributed by atoms with van der Waals surface area (Å²) < 4.78 is 3.96. The quantitative estimate of drug-likeness (QED) is 0.253. The zero-order chi connectivity index (χ0) is 23.8. The van der Waals surface area contributed by atoms with Gasteiger partial charge in [0.1, 0.15) is 0 Å². The monoisotopic (exact) mass is 451 g/mol. The van der Waals surface area contributed by atoms with Crippen molar-refractivity contribution in [1.82, 2.24) is 13.7 Å². The van der Waals surface area contributed by atoms with E-state index < -0.39 is 17.1 Å². The number of aromatic nitrogens is 3. The van der Waals surface area contributed by atoms with E-state index in [0.29, 0.717) is 25.6 Å². The first-order valence-corrected chi connectivity index (χ1v) is 13.4. The van der Waals surface area contributed by atoms with Crippen molar-refractivity contribution in [1.29, 1.82) is 0 Å². The van der Waals surface area contributed by atoms with Crippen LogP contribution in [0.5, 0.6) is 0 Å². The molecule has 0 amide bonds. The van der Waals surface area contributed by atoms with Crippen molar-refractivity contribution in [2.24, 2.45) is 5.92 Å². The molecule has 0 N–H and O–H groups in total. The Hall–Kier alpha value is -1.59. The number of unbranched alkanes of at least 4 members (excludes halogenated alkanes) is 11. The maximum atomic E-state index is 13.0. The molecule has 0 aromatic carbocycles. The summed E-state index contributed by atoms with van der Waals surface area (Å²) in [4.78, 5) is 39.0. The lowest BCUT2D eigenvalue weighted by atomic mass is 10.0. The largest absolute Gasteiger partial charge is 0.336 e. The van der Waals surface area contributed by atoms with Gasteiger partial charge in [0.2, 0.25) is 0 Å². The van der Waals surface area contributed by atoms with E-state index >= 15 is 0 Å². The minimum atomic E-state index is -0.417. The highest BCUT2D eigenvalue weighted by Gasteiger charge is 2.15. The van der Waals surface area contributed by atoms with Crippen LogP contribution in [0.15, 0.2) is 14.4 Å². The summed E-state index contributed by atoms with van der Waals surface area (Å²) >= 11 is 0. The number of hydrogen-bond acceptors (Lipinski definition) is 3. The van der Waals surface area contributed by atoms with E-state index in [4.69, 9.17) is 0 Å². The summed E-state index contributed by atoms with van der Waals surface area (Å²) in [7, 11) is 0. The van der Waals surface area contributed by atoms with Gasteiger partial charge in [-0.15, -0.1) is 0 Å². The Balaban J connectivity index is 2.92. The van der Waals surface area contributed by atoms with E-state index in [1.54, 1.807) is 0 Å². The molecule has 0 aliphatic heterocycles. The molecule has 0 spiro atoms. The van der Waals surface area contributed by atoms with Crippen molar-refractivity contribution in [3.05, 3.63) is 31.5 Å². The van der Waals surface area contributed by atoms with Crippen molar-refractivity contribution < 1.29 is 0 Å². The molecule has 186 valence electrons. The Morgan fingerprint density at radius 3 is 1.12 bits per heavy atom. The molecule has 1 rings (SSSR count). The van der Waals surface area contributed by atoms with Crippen LogP contribution in [-0.2, 0) is 19.6 Å². The molecule has 0 radical (unpaired) electrons. The Kier molecular flexibility index (Phi) is 15.1. The average molecular weight is 452 g/mol. The number of nitrogens with zero attached hydrogens (tertiary/aromatic N) is 3. The zero-order valence-corrected chi connectivity index (χ0v) is 21.4. The lowest BCUT2D eigenvalue weighted by molar-refractivity contribution is 0.410. The van der Waals surface area contributed by atoms with Crippen LogP contribution in [0.3, 0.4) is 0 Å². The van der Waals surface area contributed by atoms with Crippen molar-refractivity contribution >= 4 is 0 Å². The minimum Gasteiger partial charge on any atom is -0.247 e. The fourth-order valence-electron chi connectivity index (χ4n) is 4.18. The summed E-state index contributed by atoms with van der Waals surface area (Å²) in [5.41, 5.74) is -1.25. The topological polar surface area (TPSA) is 66.0 Å². The molecule has 0 atom stereocenters. The van der Waals surface area contributed by atoms with Crippen LogP contribution >= 0.6 is 0 Å². The molecule has 0 aliphatic carbocycles. The van der Waals surface area contributed by atoms with Crippen LogP contribution in [0, 0.1) is 5.92 Å². The molecule has 0 saturated heterocycles. The number of rotatable bonds is 19. The molecule has 6 nitrogen and oxygen atoms in total. The van der Waals surface area contributed by atoms with Gasteiger partial charge in [0.05, 0.1) is 0 Å². The smallest absolute Gasteiger partial charge is 0.247 e. The van der Waals surface area contributed by atoms with Gasteiger partial charge in [-0.2, -0.15) is 0 Å². The van der Waals surface area contributed by atoms with Gasteiger partial charge in [-0.25, -0.2) is 28.1 Å². The maximum absolute atomic E-state index is 13.0. The second-order valence-corrected chi connectivity index (χ2v) is 9.73. The molecule has 0 unspecified atom stereocenters. The van der Waals surface area contributed by atoms with Crippen LogP contribution in [0.4, 0.5) is 0 Å². The highest BCUT2D eigenvalue weighted by atomic mass is 16.2. The first-order valence-electron chi connectivity index (χ1n) is 13.4. The first kappa shape index (κ1) is 28.4. The molecule has 1 heterocycles. The van der Waals surface area contributed by atoms with Gasteiger partial charge in [0.15, 0.2) is 0 Å². The van der Waals surface area contributed by atoms with E-state index in [9.17, 15) is 14.4 Å². The third-order valence-corrected chi connectivity index (χ3v) is 6.27. The molecular weight excluding hydrogens is 402 g/mol. The molecular formula is C26H49N3O3. The lowest BCUT2D eigenvalue weighted by Crippen LogP contribution is -2.54. The summed E-state index contributed by atoms with van der Waals surface area (Å²) in [6, 6.07) is 0. The standard InChI is InChI=1S/C26H49N3O3/c1-5-7-9-12-16-20-27-24(30)28(21-17-13-10-8-6-2)26(32)29(25(27)31)22-18-14-11-15-19-23(3)4/h23H,5-22H2,1-4H3. The Bertz CT molecular complexity index is 737. The molecule has 1 aromatic heterocycles. The van der Waals surface area contributed by atoms with E-state index in [1.807, 2.05) is 0 Å². The van der Waals surface area contributed by atoms with Crippen molar-refractivity contribution in [3.63, 3.8) is 0 Å². The van der Waals surface area contributed by atoms with Gasteiger partial charge < -0.3 is 0 Å². The minimum absolute atomic E-state index is 0.408. The highest BCUT2D eigenvalue weighted by molar-refractivity contribution is 4.79. The molecule has 0 aliphatic rings. The molecule has 32 heavy (non-hydrogen) atoms. The Labute approximate surface area is 195 Å². The number of hydrogen-bond donors (Lipinski definition) is 0. The van der Waals surface area contributed by atoms with Gasteiger partial charge in [-0.05, 0) is 25.2 Å². The third-order valence-electron chi connectivity index (χ3n) is 6.27. The zero-order valence-electron chi connectivity index (χ0n) is 21.4. The fraction of sp³-hybridized carbons (Fsp3) is 0.885. The van der Waals surface area contributed by atoms with E-state index in [0.717, 1.165) is 70.6 Å². The summed E-state index contributed by atoms with van der Waals surface area (Å²) in [6.45, 7) is 10.0. The van der Waals surface area contributed by atoms with Crippen LogP contribution in [0.25, 0.3) is 0 Å². The van der Waals surface area contributed by atoms with Crippen molar-refractivity contribution in [2.75, 3.05) is 0 Å². The van der Waals surface area contributed by atoms with E-state index in [1.165, 1.54) is 39.4 Å². The van der Waals surface area contributed by atoms with E-state index in [2.05, 4.69) is 27.7 Å². The summed E-state index contributed by atoms with van der Waals surface area (Å²) in [5.74, 6) is 0.711. The fourth-order valence-corrected chi connectivity index (χ4v) is 4.18. The van der Waals surface area contributed by atoms with Crippen LogP contribution in [-0.4, -0.2) is 13.7 Å². The Morgan fingerprint density at radius 1 is 0.500 bits per heavy atom. The highest BCUT2D eigenvalue weighted by Crippen LogP contribution is 2.09. The summed E-state index contributed by atoms with van der Waals surface area (Å²) in [5, 5.41) is 0. The van der Waals surface area contributed by atoms with E-state index in [-0.39, 0.29) is 0 Å². The van der Waals surface area contributed by atoms with Crippen LogP contribution in [0.2, 0.25) is 0 Å². The van der Waals surface area contributed by atoms with Crippen molar-refractivity contribution in [2.45, 2.75) is 144 Å². The molecule has 0 fully saturated rings. The van der Waals surface area contributed by atoms with Gasteiger partial charge in [0, 0.05) is 19.6 Å². The first-order chi connectivity index (χ1) is 15.4. The Morgan fingerprint density at radius 2 is 0.812 bits per heavy atom. The second-order valence-electron chi connectivity index (χ2n) is 9.73. The normalized spacial score (nSPS) is 11.5.